The summed E-state index contributed by atoms with van der Waals surface area (Å²) in [4.78, 5) is 26.7. The molecule has 3 N–H and O–H groups in total. The fraction of sp³-hybridized carbons (Fsp3) is 0.0714. The topological polar surface area (TPSA) is 103 Å². The zero-order valence-corrected chi connectivity index (χ0v) is 12.5. The molecule has 126 valence electrons. The van der Waals surface area contributed by atoms with Gasteiger partial charge in [0.1, 0.15) is 0 Å². The van der Waals surface area contributed by atoms with Gasteiger partial charge in [0.25, 0.3) is 0 Å². The number of thiazole rings is 1. The molecule has 0 saturated carbocycles. The van der Waals surface area contributed by atoms with Gasteiger partial charge in [0, 0.05) is 11.4 Å². The summed E-state index contributed by atoms with van der Waals surface area (Å²) < 4.78 is 31.7. The third kappa shape index (κ3) is 4.32. The molecule has 10 heteroatoms. The molecule has 0 bridgehead atoms. The van der Waals surface area contributed by atoms with Gasteiger partial charge in [-0.05, 0) is 23.4 Å². The first-order chi connectivity index (χ1) is 11.2. The van der Waals surface area contributed by atoms with Crippen LogP contribution < -0.4 is 15.3 Å². The lowest BCUT2D eigenvalue weighted by Gasteiger charge is -1.93. The molecule has 24 heavy (non-hydrogen) atoms. The van der Waals surface area contributed by atoms with E-state index >= 15 is 0 Å². The summed E-state index contributed by atoms with van der Waals surface area (Å²) in [7, 11) is 0. The summed E-state index contributed by atoms with van der Waals surface area (Å²) in [6, 6.07) is 5.80. The Morgan fingerprint density at radius 1 is 1.33 bits per heavy atom. The van der Waals surface area contributed by atoms with Gasteiger partial charge in [-0.3, -0.25) is 14.8 Å². The van der Waals surface area contributed by atoms with Crippen LogP contribution in [0.4, 0.5) is 18.9 Å². The number of fused-ring (bicyclic) bond motifs is 1. The molecule has 1 aromatic heterocycles. The van der Waals surface area contributed by atoms with Crippen LogP contribution >= 0.6 is 11.3 Å². The summed E-state index contributed by atoms with van der Waals surface area (Å²) in [6.07, 6.45) is 0.359. The van der Waals surface area contributed by atoms with Crippen molar-refractivity contribution >= 4 is 41.4 Å². The van der Waals surface area contributed by atoms with E-state index in [1.54, 1.807) is 12.3 Å². The number of aromatic hydroxyl groups is 1. The van der Waals surface area contributed by atoms with Crippen molar-refractivity contribution in [2.75, 3.05) is 0 Å². The number of rotatable bonds is 1. The Labute approximate surface area is 135 Å². The molecule has 3 rings (SSSR count). The number of carboxylic acids is 1. The molecule has 0 aliphatic carbocycles. The van der Waals surface area contributed by atoms with E-state index in [9.17, 15) is 23.1 Å². The van der Waals surface area contributed by atoms with Crippen LogP contribution in [-0.4, -0.2) is 33.6 Å². The van der Waals surface area contributed by atoms with Crippen molar-refractivity contribution in [3.8, 4) is 5.88 Å². The van der Waals surface area contributed by atoms with E-state index in [0.717, 1.165) is 27.5 Å². The second kappa shape index (κ2) is 6.71. The van der Waals surface area contributed by atoms with Crippen LogP contribution in [0.2, 0.25) is 0 Å². The third-order valence-electron chi connectivity index (χ3n) is 2.72. The van der Waals surface area contributed by atoms with Crippen LogP contribution in [0.3, 0.4) is 0 Å². The number of hydrogen-bond donors (Lipinski definition) is 3. The lowest BCUT2D eigenvalue weighted by molar-refractivity contribution is -0.192. The Hall–Kier alpha value is -2.88. The third-order valence-corrected chi connectivity index (χ3v) is 3.54. The smallest absolute Gasteiger partial charge is 0.490 e. The first-order valence-electron chi connectivity index (χ1n) is 6.25. The number of aliphatic carboxylic acids is 1. The minimum atomic E-state index is -5.08. The molecule has 0 fully saturated rings. The van der Waals surface area contributed by atoms with Crippen LogP contribution in [-0.2, 0) is 4.79 Å². The maximum Gasteiger partial charge on any atom is 0.490 e. The highest BCUT2D eigenvalue weighted by molar-refractivity contribution is 7.10. The van der Waals surface area contributed by atoms with Gasteiger partial charge < -0.3 is 10.2 Å². The fourth-order valence-corrected chi connectivity index (χ4v) is 2.37. The first kappa shape index (κ1) is 17.5. The van der Waals surface area contributed by atoms with Gasteiger partial charge in [-0.25, -0.2) is 4.79 Å². The van der Waals surface area contributed by atoms with Crippen molar-refractivity contribution in [2.24, 2.45) is 4.99 Å². The predicted molar refractivity (Wildman–Crippen MR) is 82.2 cm³/mol. The van der Waals surface area contributed by atoms with Crippen LogP contribution in [0.15, 0.2) is 28.0 Å². The summed E-state index contributed by atoms with van der Waals surface area (Å²) in [5.41, 5.74) is 0.904. The number of nitrogens with zero attached hydrogens (tertiary/aromatic N) is 1. The van der Waals surface area contributed by atoms with Crippen molar-refractivity contribution in [1.29, 1.82) is 0 Å². The molecular formula is C14H9F3N2O4S. The standard InChI is InChI=1S/C12H8N2O2S.C2HF3O2/c15-11-10(17-12(16)14-11)6-7-1-2-8-3-4-13-9(8)5-7;3-2(4,5)1(6)7/h1-6,15H,(H,14,16);(H,6,7). The number of carbonyl (C=O) groups is 1. The van der Waals surface area contributed by atoms with Gasteiger partial charge in [-0.15, -0.1) is 0 Å². The minimum Gasteiger partial charge on any atom is -0.493 e. The zero-order valence-electron chi connectivity index (χ0n) is 11.7. The van der Waals surface area contributed by atoms with Crippen LogP contribution in [0.25, 0.3) is 12.2 Å². The van der Waals surface area contributed by atoms with E-state index in [-0.39, 0.29) is 10.8 Å². The molecule has 2 heterocycles. The van der Waals surface area contributed by atoms with E-state index in [4.69, 9.17) is 9.90 Å². The number of nitrogens with one attached hydrogen (secondary N) is 1. The molecule has 0 atom stereocenters. The van der Waals surface area contributed by atoms with Crippen molar-refractivity contribution in [1.82, 2.24) is 4.98 Å². The molecule has 0 saturated heterocycles. The number of alkyl halides is 3. The number of benzene rings is 1. The largest absolute Gasteiger partial charge is 0.493 e. The molecule has 1 aromatic carbocycles. The highest BCUT2D eigenvalue weighted by atomic mass is 32.1. The van der Waals surface area contributed by atoms with E-state index in [2.05, 4.69) is 9.98 Å². The number of halogens is 3. The second-order valence-corrected chi connectivity index (χ2v) is 5.45. The molecule has 1 aliphatic rings. The average Bonchev–Trinajstić information content (AvgIpc) is 3.05. The normalized spacial score (nSPS) is 13.0. The predicted octanol–water partition coefficient (Wildman–Crippen LogP) is 1.10. The van der Waals surface area contributed by atoms with Gasteiger partial charge in [0.15, 0.2) is 0 Å². The second-order valence-electron chi connectivity index (χ2n) is 4.44. The van der Waals surface area contributed by atoms with Crippen molar-refractivity contribution < 1.29 is 28.2 Å². The van der Waals surface area contributed by atoms with Crippen LogP contribution in [0, 0.1) is 0 Å². The highest BCUT2D eigenvalue weighted by Gasteiger charge is 2.38. The number of aliphatic imine (C=N–C) groups is 1. The van der Waals surface area contributed by atoms with Gasteiger partial charge in [0.05, 0.1) is 10.6 Å². The monoisotopic (exact) mass is 358 g/mol. The Balaban J connectivity index is 0.000000256. The first-order valence-corrected chi connectivity index (χ1v) is 7.07. The molecular weight excluding hydrogens is 349 g/mol. The Kier molecular flexibility index (Phi) is 4.88. The lowest BCUT2D eigenvalue weighted by atomic mass is 10.2. The number of aromatic amines is 1. The number of carboxylic acid groups (broad SMARTS) is 1. The summed E-state index contributed by atoms with van der Waals surface area (Å²) >= 11 is 0.980. The molecule has 0 spiro atoms. The maximum atomic E-state index is 11.0. The van der Waals surface area contributed by atoms with Gasteiger partial charge in [0.2, 0.25) is 5.88 Å². The molecule has 0 unspecified atom stereocenters. The van der Waals surface area contributed by atoms with Crippen LogP contribution in [0.5, 0.6) is 5.88 Å². The Morgan fingerprint density at radius 3 is 2.54 bits per heavy atom. The lowest BCUT2D eigenvalue weighted by Crippen LogP contribution is -2.21. The SMILES string of the molecule is O=C(O)C(F)(F)F.O=c1[nH]c(O)c(C=c2ccc3c(c2)N=CC=3)s1. The Morgan fingerprint density at radius 2 is 2.00 bits per heavy atom. The molecule has 6 nitrogen and oxygen atoms in total. The molecule has 2 aromatic rings. The highest BCUT2D eigenvalue weighted by Crippen LogP contribution is 2.16. The summed E-state index contributed by atoms with van der Waals surface area (Å²) in [6.45, 7) is 0. The summed E-state index contributed by atoms with van der Waals surface area (Å²) in [5, 5.41) is 18.6. The van der Waals surface area contributed by atoms with Crippen molar-refractivity contribution in [2.45, 2.75) is 6.18 Å². The van der Waals surface area contributed by atoms with E-state index in [1.165, 1.54) is 0 Å². The molecule has 1 aliphatic heterocycles. The van der Waals surface area contributed by atoms with E-state index < -0.39 is 12.1 Å². The number of aromatic nitrogens is 1. The van der Waals surface area contributed by atoms with Crippen LogP contribution in [0.1, 0.15) is 4.88 Å². The quantitative estimate of drug-likeness (QED) is 0.710. The summed E-state index contributed by atoms with van der Waals surface area (Å²) in [5.74, 6) is -2.84. The van der Waals surface area contributed by atoms with E-state index in [0.29, 0.717) is 4.88 Å². The molecule has 0 radical (unpaired) electrons. The zero-order chi connectivity index (χ0) is 17.9. The Bertz CT molecular complexity index is 973. The molecule has 0 amide bonds. The number of hydrogen-bond acceptors (Lipinski definition) is 5. The van der Waals surface area contributed by atoms with Gasteiger partial charge in [-0.1, -0.05) is 23.5 Å². The van der Waals surface area contributed by atoms with Crippen molar-refractivity contribution in [3.63, 3.8) is 0 Å². The minimum absolute atomic E-state index is 0.0874. The maximum absolute atomic E-state index is 11.0. The van der Waals surface area contributed by atoms with E-state index in [1.807, 2.05) is 24.3 Å². The van der Waals surface area contributed by atoms with Gasteiger partial charge >= 0.3 is 17.0 Å². The van der Waals surface area contributed by atoms with Gasteiger partial charge in [-0.2, -0.15) is 13.2 Å². The average molecular weight is 358 g/mol. The fourth-order valence-electron chi connectivity index (χ4n) is 1.68. The number of H-pyrrole nitrogens is 1. The van der Waals surface area contributed by atoms with Crippen molar-refractivity contribution in [3.05, 3.63) is 43.2 Å².